The highest BCUT2D eigenvalue weighted by atomic mass is 16.5. The second-order valence-electron chi connectivity index (χ2n) is 4.46. The highest BCUT2D eigenvalue weighted by Crippen LogP contribution is 2.53. The van der Waals surface area contributed by atoms with Crippen molar-refractivity contribution < 1.29 is 14.6 Å². The van der Waals surface area contributed by atoms with Gasteiger partial charge in [0.2, 0.25) is 0 Å². The van der Waals surface area contributed by atoms with Crippen molar-refractivity contribution in [3.63, 3.8) is 0 Å². The number of carbonyl (C=O) groups is 1. The smallest absolute Gasteiger partial charge is 0.309 e. The molecule has 1 N–H and O–H groups in total. The van der Waals surface area contributed by atoms with Crippen molar-refractivity contribution in [3.05, 3.63) is 0 Å². The fraction of sp³-hybridized carbons (Fsp3) is 0.889. The van der Waals surface area contributed by atoms with Gasteiger partial charge < -0.3 is 9.84 Å². The van der Waals surface area contributed by atoms with Crippen LogP contribution in [0.4, 0.5) is 0 Å². The van der Waals surface area contributed by atoms with Gasteiger partial charge in [-0.2, -0.15) is 0 Å². The van der Waals surface area contributed by atoms with E-state index in [1.165, 1.54) is 0 Å². The summed E-state index contributed by atoms with van der Waals surface area (Å²) in [5.74, 6) is -1.00. The summed E-state index contributed by atoms with van der Waals surface area (Å²) in [7, 11) is 0. The number of hydrogen-bond donors (Lipinski definition) is 1. The van der Waals surface area contributed by atoms with E-state index in [0.717, 1.165) is 12.8 Å². The van der Waals surface area contributed by atoms with Crippen LogP contribution in [0.1, 0.15) is 33.1 Å². The van der Waals surface area contributed by atoms with Gasteiger partial charge >= 0.3 is 5.97 Å². The van der Waals surface area contributed by atoms with Crippen LogP contribution in [0.5, 0.6) is 0 Å². The molecule has 2 rings (SSSR count). The maximum atomic E-state index is 10.9. The van der Waals surface area contributed by atoms with Crippen molar-refractivity contribution in [3.8, 4) is 0 Å². The normalized spacial score (nSPS) is 51.3. The van der Waals surface area contributed by atoms with Crippen LogP contribution in [0.25, 0.3) is 0 Å². The van der Waals surface area contributed by atoms with Gasteiger partial charge in [-0.25, -0.2) is 0 Å². The van der Waals surface area contributed by atoms with Crippen LogP contribution in [-0.2, 0) is 9.53 Å². The van der Waals surface area contributed by atoms with Gasteiger partial charge in [-0.15, -0.1) is 0 Å². The van der Waals surface area contributed by atoms with Crippen molar-refractivity contribution in [1.29, 1.82) is 0 Å². The molecular formula is C9H14O3. The number of carboxylic acid groups (broad SMARTS) is 1. The van der Waals surface area contributed by atoms with Crippen molar-refractivity contribution in [2.75, 3.05) is 0 Å². The van der Waals surface area contributed by atoms with E-state index in [1.54, 1.807) is 0 Å². The zero-order chi connectivity index (χ0) is 8.98. The van der Waals surface area contributed by atoms with Crippen LogP contribution in [0.15, 0.2) is 0 Å². The Hall–Kier alpha value is -0.570. The standard InChI is InChI=1S/C9H14O3/c1-8-3-4-9(2,12-8)6(5-8)7(10)11/h6H,3-5H2,1-2H3,(H,10,11). The Balaban J connectivity index is 2.28. The summed E-state index contributed by atoms with van der Waals surface area (Å²) in [6.07, 6.45) is 2.58. The Morgan fingerprint density at radius 2 is 2.17 bits per heavy atom. The molecule has 2 saturated heterocycles. The summed E-state index contributed by atoms with van der Waals surface area (Å²) in [5.41, 5.74) is -0.543. The Morgan fingerprint density at radius 3 is 2.42 bits per heavy atom. The van der Waals surface area contributed by atoms with E-state index < -0.39 is 5.97 Å². The molecule has 2 aliphatic rings. The lowest BCUT2D eigenvalue weighted by atomic mass is 9.75. The van der Waals surface area contributed by atoms with Crippen LogP contribution < -0.4 is 0 Å². The first-order valence-corrected chi connectivity index (χ1v) is 4.38. The maximum Gasteiger partial charge on any atom is 0.309 e. The number of hydrogen-bond acceptors (Lipinski definition) is 2. The number of rotatable bonds is 1. The topological polar surface area (TPSA) is 46.5 Å². The van der Waals surface area contributed by atoms with Crippen LogP contribution in [0.2, 0.25) is 0 Å². The molecule has 3 heteroatoms. The molecular weight excluding hydrogens is 156 g/mol. The van der Waals surface area contributed by atoms with Crippen molar-refractivity contribution in [2.45, 2.75) is 44.3 Å². The summed E-state index contributed by atoms with van der Waals surface area (Å²) in [4.78, 5) is 10.9. The van der Waals surface area contributed by atoms with Gasteiger partial charge in [-0.1, -0.05) is 0 Å². The number of carboxylic acids is 1. The molecule has 2 bridgehead atoms. The van der Waals surface area contributed by atoms with E-state index in [-0.39, 0.29) is 17.1 Å². The molecule has 68 valence electrons. The zero-order valence-corrected chi connectivity index (χ0v) is 7.46. The van der Waals surface area contributed by atoms with Gasteiger partial charge in [-0.3, -0.25) is 4.79 Å². The molecule has 3 nitrogen and oxygen atoms in total. The third-order valence-corrected chi connectivity index (χ3v) is 3.30. The summed E-state index contributed by atoms with van der Waals surface area (Å²) in [6, 6.07) is 0. The summed E-state index contributed by atoms with van der Waals surface area (Å²) < 4.78 is 5.74. The Bertz CT molecular complexity index is 238. The van der Waals surface area contributed by atoms with Gasteiger partial charge in [0.05, 0.1) is 17.1 Å². The minimum Gasteiger partial charge on any atom is -0.481 e. The quantitative estimate of drug-likeness (QED) is 0.647. The second kappa shape index (κ2) is 2.02. The fourth-order valence-corrected chi connectivity index (χ4v) is 2.56. The van der Waals surface area contributed by atoms with E-state index in [0.29, 0.717) is 6.42 Å². The molecule has 0 aromatic rings. The predicted molar refractivity (Wildman–Crippen MR) is 42.9 cm³/mol. The summed E-state index contributed by atoms with van der Waals surface area (Å²) in [6.45, 7) is 3.94. The maximum absolute atomic E-state index is 10.9. The molecule has 2 heterocycles. The molecule has 0 amide bonds. The largest absolute Gasteiger partial charge is 0.481 e. The zero-order valence-electron chi connectivity index (χ0n) is 7.46. The molecule has 0 spiro atoms. The summed E-state index contributed by atoms with van der Waals surface area (Å²) in [5, 5.41) is 8.93. The third-order valence-electron chi connectivity index (χ3n) is 3.30. The lowest BCUT2D eigenvalue weighted by Crippen LogP contribution is -2.35. The van der Waals surface area contributed by atoms with Gasteiger partial charge in [0.15, 0.2) is 0 Å². The van der Waals surface area contributed by atoms with E-state index in [1.807, 2.05) is 13.8 Å². The van der Waals surface area contributed by atoms with Gasteiger partial charge in [0.25, 0.3) is 0 Å². The van der Waals surface area contributed by atoms with Gasteiger partial charge in [-0.05, 0) is 33.1 Å². The first kappa shape index (κ1) is 8.05. The van der Waals surface area contributed by atoms with E-state index in [9.17, 15) is 4.79 Å². The molecule has 0 aliphatic carbocycles. The van der Waals surface area contributed by atoms with Crippen molar-refractivity contribution in [2.24, 2.45) is 5.92 Å². The molecule has 0 aromatic heterocycles. The van der Waals surface area contributed by atoms with Gasteiger partial charge in [0.1, 0.15) is 0 Å². The molecule has 0 radical (unpaired) electrons. The third kappa shape index (κ3) is 0.891. The number of ether oxygens (including phenoxy) is 1. The lowest BCUT2D eigenvalue weighted by molar-refractivity contribution is -0.147. The lowest BCUT2D eigenvalue weighted by Gasteiger charge is -2.25. The first-order valence-electron chi connectivity index (χ1n) is 4.38. The molecule has 3 unspecified atom stereocenters. The molecule has 2 fully saturated rings. The Kier molecular flexibility index (Phi) is 1.35. The summed E-state index contributed by atoms with van der Waals surface area (Å²) >= 11 is 0. The SMILES string of the molecule is CC12CCC(C)(O1)C(C(=O)O)C2. The fourth-order valence-electron chi connectivity index (χ4n) is 2.56. The Morgan fingerprint density at radius 1 is 1.50 bits per heavy atom. The van der Waals surface area contributed by atoms with Crippen molar-refractivity contribution >= 4 is 5.97 Å². The minimum atomic E-state index is -0.707. The molecule has 0 aromatic carbocycles. The highest BCUT2D eigenvalue weighted by molar-refractivity contribution is 5.72. The number of fused-ring (bicyclic) bond motifs is 2. The van der Waals surface area contributed by atoms with E-state index >= 15 is 0 Å². The molecule has 2 aliphatic heterocycles. The predicted octanol–water partition coefficient (Wildman–Crippen LogP) is 1.42. The average molecular weight is 170 g/mol. The molecule has 12 heavy (non-hydrogen) atoms. The number of aliphatic carboxylic acids is 1. The molecule has 0 saturated carbocycles. The van der Waals surface area contributed by atoms with Crippen molar-refractivity contribution in [1.82, 2.24) is 0 Å². The van der Waals surface area contributed by atoms with Crippen LogP contribution >= 0.6 is 0 Å². The van der Waals surface area contributed by atoms with Crippen LogP contribution in [-0.4, -0.2) is 22.3 Å². The first-order chi connectivity index (χ1) is 5.45. The van der Waals surface area contributed by atoms with Crippen LogP contribution in [0.3, 0.4) is 0 Å². The monoisotopic (exact) mass is 170 g/mol. The van der Waals surface area contributed by atoms with E-state index in [4.69, 9.17) is 9.84 Å². The Labute approximate surface area is 71.7 Å². The second-order valence-corrected chi connectivity index (χ2v) is 4.46. The molecule has 3 atom stereocenters. The van der Waals surface area contributed by atoms with E-state index in [2.05, 4.69) is 0 Å². The average Bonchev–Trinajstić information content (AvgIpc) is 2.36. The minimum absolute atomic E-state index is 0.155. The van der Waals surface area contributed by atoms with Crippen LogP contribution in [0, 0.1) is 5.92 Å². The van der Waals surface area contributed by atoms with Gasteiger partial charge in [0, 0.05) is 0 Å². The highest BCUT2D eigenvalue weighted by Gasteiger charge is 2.59.